The van der Waals surface area contributed by atoms with E-state index in [1.54, 1.807) is 0 Å². The van der Waals surface area contributed by atoms with Gasteiger partial charge in [0, 0.05) is 26.2 Å². The minimum Gasteiger partial charge on any atom is -0.374 e. The minimum atomic E-state index is 0.0158. The topological polar surface area (TPSA) is 41.6 Å². The van der Waals surface area contributed by atoms with Crippen LogP contribution in [0.2, 0.25) is 0 Å². The van der Waals surface area contributed by atoms with Gasteiger partial charge in [0.25, 0.3) is 5.91 Å². The molecule has 1 fully saturated rings. The van der Waals surface area contributed by atoms with Gasteiger partial charge < -0.3 is 10.1 Å². The van der Waals surface area contributed by atoms with Crippen LogP contribution >= 0.6 is 11.3 Å². The van der Waals surface area contributed by atoms with Crippen molar-refractivity contribution in [3.05, 3.63) is 21.9 Å². The summed E-state index contributed by atoms with van der Waals surface area (Å²) in [5, 5.41) is 4.94. The van der Waals surface area contributed by atoms with Crippen LogP contribution in [0.5, 0.6) is 0 Å². The first-order valence-corrected chi connectivity index (χ1v) is 8.10. The Labute approximate surface area is 125 Å². The molecule has 1 aromatic rings. The van der Waals surface area contributed by atoms with Gasteiger partial charge in [-0.2, -0.15) is 0 Å². The monoisotopic (exact) mass is 296 g/mol. The molecule has 20 heavy (non-hydrogen) atoms. The van der Waals surface area contributed by atoms with Crippen LogP contribution in [0.25, 0.3) is 0 Å². The quantitative estimate of drug-likeness (QED) is 0.905. The Morgan fingerprint density at radius 1 is 1.60 bits per heavy atom. The zero-order valence-corrected chi connectivity index (χ0v) is 13.3. The van der Waals surface area contributed by atoms with Crippen LogP contribution in [0.15, 0.2) is 11.4 Å². The maximum absolute atomic E-state index is 12.1. The first-order valence-electron chi connectivity index (χ1n) is 7.22. The molecule has 1 amide bonds. The fourth-order valence-corrected chi connectivity index (χ4v) is 3.32. The summed E-state index contributed by atoms with van der Waals surface area (Å²) in [5.74, 6) is 0.680. The van der Waals surface area contributed by atoms with Gasteiger partial charge in [0.05, 0.1) is 17.6 Å². The number of hydrogen-bond acceptors (Lipinski definition) is 4. The van der Waals surface area contributed by atoms with Crippen LogP contribution in [0.3, 0.4) is 0 Å². The standard InChI is InChI=1S/C15H24N2O2S/c1-11(2)9-17-5-6-19-13(10-17)8-16-15(18)14-12(3)4-7-20-14/h4,7,11,13H,5-6,8-10H2,1-3H3,(H,16,18). The van der Waals surface area contributed by atoms with Gasteiger partial charge >= 0.3 is 0 Å². The Morgan fingerprint density at radius 3 is 3.05 bits per heavy atom. The second-order valence-corrected chi connectivity index (χ2v) is 6.71. The summed E-state index contributed by atoms with van der Waals surface area (Å²) in [4.78, 5) is 15.3. The molecule has 5 heteroatoms. The minimum absolute atomic E-state index is 0.0158. The first-order chi connectivity index (χ1) is 9.56. The van der Waals surface area contributed by atoms with Crippen molar-refractivity contribution in [2.45, 2.75) is 26.9 Å². The zero-order valence-electron chi connectivity index (χ0n) is 12.5. The van der Waals surface area contributed by atoms with E-state index in [9.17, 15) is 4.79 Å². The number of hydrogen-bond donors (Lipinski definition) is 1. The lowest BCUT2D eigenvalue weighted by molar-refractivity contribution is -0.0295. The maximum Gasteiger partial charge on any atom is 0.261 e. The van der Waals surface area contributed by atoms with E-state index in [0.717, 1.165) is 36.7 Å². The number of amides is 1. The Kier molecular flexibility index (Phi) is 5.57. The van der Waals surface area contributed by atoms with Crippen molar-refractivity contribution >= 4 is 17.2 Å². The Balaban J connectivity index is 1.79. The van der Waals surface area contributed by atoms with E-state index in [1.807, 2.05) is 18.4 Å². The third kappa shape index (κ3) is 4.30. The molecular weight excluding hydrogens is 272 g/mol. The van der Waals surface area contributed by atoms with E-state index in [1.165, 1.54) is 11.3 Å². The van der Waals surface area contributed by atoms with Crippen LogP contribution in [0.1, 0.15) is 29.1 Å². The van der Waals surface area contributed by atoms with E-state index < -0.39 is 0 Å². The first kappa shape index (κ1) is 15.5. The fourth-order valence-electron chi connectivity index (χ4n) is 2.48. The summed E-state index contributed by atoms with van der Waals surface area (Å²) in [6, 6.07) is 1.97. The lowest BCUT2D eigenvalue weighted by Crippen LogP contribution is -2.48. The molecule has 112 valence electrons. The second-order valence-electron chi connectivity index (χ2n) is 5.79. The summed E-state index contributed by atoms with van der Waals surface area (Å²) >= 11 is 1.49. The van der Waals surface area contributed by atoms with Crippen molar-refractivity contribution in [1.29, 1.82) is 0 Å². The van der Waals surface area contributed by atoms with Gasteiger partial charge in [-0.25, -0.2) is 0 Å². The molecule has 1 atom stereocenters. The van der Waals surface area contributed by atoms with E-state index >= 15 is 0 Å². The molecule has 1 aliphatic rings. The fraction of sp³-hybridized carbons (Fsp3) is 0.667. The molecule has 4 nitrogen and oxygen atoms in total. The second kappa shape index (κ2) is 7.20. The highest BCUT2D eigenvalue weighted by atomic mass is 32.1. The SMILES string of the molecule is Cc1ccsc1C(=O)NCC1CN(CC(C)C)CCO1. The molecular formula is C15H24N2O2S. The maximum atomic E-state index is 12.1. The lowest BCUT2D eigenvalue weighted by Gasteiger charge is -2.33. The summed E-state index contributed by atoms with van der Waals surface area (Å²) in [7, 11) is 0. The predicted molar refractivity (Wildman–Crippen MR) is 82.4 cm³/mol. The molecule has 0 aromatic carbocycles. The molecule has 0 bridgehead atoms. The van der Waals surface area contributed by atoms with Gasteiger partial charge in [0.1, 0.15) is 0 Å². The smallest absolute Gasteiger partial charge is 0.261 e. The summed E-state index contributed by atoms with van der Waals surface area (Å²) in [5.41, 5.74) is 1.04. The molecule has 1 aromatic heterocycles. The van der Waals surface area contributed by atoms with Gasteiger partial charge in [-0.05, 0) is 29.9 Å². The highest BCUT2D eigenvalue weighted by Gasteiger charge is 2.22. The van der Waals surface area contributed by atoms with Crippen LogP contribution < -0.4 is 5.32 Å². The van der Waals surface area contributed by atoms with E-state index in [0.29, 0.717) is 12.5 Å². The number of carbonyl (C=O) groups is 1. The summed E-state index contributed by atoms with van der Waals surface area (Å²) in [6.07, 6.45) is 0.103. The van der Waals surface area contributed by atoms with Gasteiger partial charge in [-0.3, -0.25) is 9.69 Å². The van der Waals surface area contributed by atoms with Crippen molar-refractivity contribution in [2.24, 2.45) is 5.92 Å². The average Bonchev–Trinajstić information content (AvgIpc) is 2.82. The van der Waals surface area contributed by atoms with Gasteiger partial charge in [0.2, 0.25) is 0 Å². The molecule has 0 saturated carbocycles. The van der Waals surface area contributed by atoms with Gasteiger partial charge in [0.15, 0.2) is 0 Å². The number of carbonyl (C=O) groups excluding carboxylic acids is 1. The van der Waals surface area contributed by atoms with Crippen LogP contribution in [0, 0.1) is 12.8 Å². The number of morpholine rings is 1. The van der Waals surface area contributed by atoms with E-state index in [-0.39, 0.29) is 12.0 Å². The molecule has 1 aliphatic heterocycles. The summed E-state index contributed by atoms with van der Waals surface area (Å²) in [6.45, 7) is 10.8. The number of nitrogens with zero attached hydrogens (tertiary/aromatic N) is 1. The molecule has 0 aliphatic carbocycles. The van der Waals surface area contributed by atoms with Crippen molar-refractivity contribution in [3.63, 3.8) is 0 Å². The lowest BCUT2D eigenvalue weighted by atomic mass is 10.2. The average molecular weight is 296 g/mol. The zero-order chi connectivity index (χ0) is 14.5. The Hall–Kier alpha value is -0.910. The molecule has 1 N–H and O–H groups in total. The van der Waals surface area contributed by atoms with E-state index in [4.69, 9.17) is 4.74 Å². The van der Waals surface area contributed by atoms with Crippen molar-refractivity contribution in [1.82, 2.24) is 10.2 Å². The third-order valence-corrected chi connectivity index (χ3v) is 4.42. The number of nitrogens with one attached hydrogen (secondary N) is 1. The predicted octanol–water partition coefficient (Wildman–Crippen LogP) is 2.14. The number of ether oxygens (including phenoxy) is 1. The van der Waals surface area contributed by atoms with Gasteiger partial charge in [-0.1, -0.05) is 13.8 Å². The molecule has 0 radical (unpaired) electrons. The molecule has 1 saturated heterocycles. The number of rotatable bonds is 5. The number of aryl methyl sites for hydroxylation is 1. The van der Waals surface area contributed by atoms with Crippen LogP contribution in [-0.4, -0.2) is 49.7 Å². The van der Waals surface area contributed by atoms with Crippen molar-refractivity contribution in [2.75, 3.05) is 32.8 Å². The molecule has 2 heterocycles. The number of thiophene rings is 1. The molecule has 2 rings (SSSR count). The summed E-state index contributed by atoms with van der Waals surface area (Å²) < 4.78 is 5.73. The van der Waals surface area contributed by atoms with Crippen molar-refractivity contribution in [3.8, 4) is 0 Å². The van der Waals surface area contributed by atoms with Crippen molar-refractivity contribution < 1.29 is 9.53 Å². The van der Waals surface area contributed by atoms with E-state index in [2.05, 4.69) is 24.1 Å². The van der Waals surface area contributed by atoms with Crippen LogP contribution in [-0.2, 0) is 4.74 Å². The molecule has 0 spiro atoms. The highest BCUT2D eigenvalue weighted by Crippen LogP contribution is 2.15. The Bertz CT molecular complexity index is 445. The largest absolute Gasteiger partial charge is 0.374 e. The van der Waals surface area contributed by atoms with Gasteiger partial charge in [-0.15, -0.1) is 11.3 Å². The normalized spacial score (nSPS) is 20.3. The molecule has 1 unspecified atom stereocenters. The highest BCUT2D eigenvalue weighted by molar-refractivity contribution is 7.12. The Morgan fingerprint density at radius 2 is 2.40 bits per heavy atom. The third-order valence-electron chi connectivity index (χ3n) is 3.40. The van der Waals surface area contributed by atoms with Crippen LogP contribution in [0.4, 0.5) is 0 Å².